The summed E-state index contributed by atoms with van der Waals surface area (Å²) in [4.78, 5) is 47.8. The van der Waals surface area contributed by atoms with Gasteiger partial charge in [0, 0.05) is 13.5 Å². The van der Waals surface area contributed by atoms with Crippen LogP contribution in [0.25, 0.3) is 0 Å². The highest BCUT2D eigenvalue weighted by Crippen LogP contribution is 2.20. The van der Waals surface area contributed by atoms with Crippen molar-refractivity contribution in [2.45, 2.75) is 18.9 Å². The van der Waals surface area contributed by atoms with Crippen LogP contribution in [0.5, 0.6) is 0 Å². The monoisotopic (exact) mass is 367 g/mol. The lowest BCUT2D eigenvalue weighted by Crippen LogP contribution is -2.40. The number of nitrogens with one attached hydrogen (secondary N) is 2. The molecule has 1 aliphatic rings. The summed E-state index contributed by atoms with van der Waals surface area (Å²) >= 11 is 5.94. The summed E-state index contributed by atoms with van der Waals surface area (Å²) in [7, 11) is 1.42. The van der Waals surface area contributed by atoms with Gasteiger partial charge in [-0.25, -0.2) is 4.79 Å². The summed E-state index contributed by atoms with van der Waals surface area (Å²) in [6, 6.07) is 6.01. The summed E-state index contributed by atoms with van der Waals surface area (Å²) in [5.74, 6) is -1.85. The number of ether oxygens (including phenoxy) is 1. The molecule has 0 radical (unpaired) electrons. The normalized spacial score (nSPS) is 16.1. The average Bonchev–Trinajstić information content (AvgIpc) is 3.01. The zero-order valence-corrected chi connectivity index (χ0v) is 14.3. The summed E-state index contributed by atoms with van der Waals surface area (Å²) < 4.78 is 4.88. The van der Waals surface area contributed by atoms with E-state index >= 15 is 0 Å². The Kier molecular flexibility index (Phi) is 6.35. The van der Waals surface area contributed by atoms with Crippen LogP contribution in [-0.4, -0.2) is 54.8 Å². The van der Waals surface area contributed by atoms with Crippen molar-refractivity contribution in [3.8, 4) is 0 Å². The van der Waals surface area contributed by atoms with E-state index in [-0.39, 0.29) is 18.9 Å². The minimum absolute atomic E-state index is 0.220. The van der Waals surface area contributed by atoms with Gasteiger partial charge in [-0.1, -0.05) is 23.7 Å². The second kappa shape index (κ2) is 8.48. The Labute approximate surface area is 149 Å². The van der Waals surface area contributed by atoms with Crippen LogP contribution in [-0.2, 0) is 23.9 Å². The molecule has 0 aromatic heterocycles. The number of hydrogen-bond donors (Lipinski definition) is 2. The Hall–Kier alpha value is -2.61. The van der Waals surface area contributed by atoms with E-state index in [2.05, 4.69) is 10.6 Å². The Morgan fingerprint density at radius 2 is 2.08 bits per heavy atom. The van der Waals surface area contributed by atoms with Crippen LogP contribution in [0.15, 0.2) is 24.3 Å². The van der Waals surface area contributed by atoms with E-state index in [1.165, 1.54) is 7.05 Å². The standard InChI is InChI=1S/C16H18ClN3O5/c1-20(8-14(22)18-11-5-3-2-4-10(11)17)15(23)9-25-16(24)12-6-7-13(21)19-12/h2-5,12H,6-9H2,1H3,(H,18,22)(H,19,21)/t12-/m0/s1. The summed E-state index contributed by atoms with van der Waals surface area (Å²) in [5, 5.41) is 5.43. The molecule has 1 aromatic carbocycles. The largest absolute Gasteiger partial charge is 0.454 e. The first-order valence-corrected chi connectivity index (χ1v) is 7.99. The van der Waals surface area contributed by atoms with Crippen LogP contribution in [0.3, 0.4) is 0 Å². The Bertz CT molecular complexity index is 694. The van der Waals surface area contributed by atoms with Crippen LogP contribution in [0.2, 0.25) is 5.02 Å². The molecular weight excluding hydrogens is 350 g/mol. The third-order valence-electron chi connectivity index (χ3n) is 3.57. The molecule has 1 saturated heterocycles. The van der Waals surface area contributed by atoms with Crippen molar-refractivity contribution in [2.24, 2.45) is 0 Å². The van der Waals surface area contributed by atoms with Gasteiger partial charge in [0.05, 0.1) is 17.3 Å². The maximum absolute atomic E-state index is 11.9. The van der Waals surface area contributed by atoms with Gasteiger partial charge in [0.15, 0.2) is 6.61 Å². The average molecular weight is 368 g/mol. The number of para-hydroxylation sites is 1. The first-order chi connectivity index (χ1) is 11.9. The highest BCUT2D eigenvalue weighted by atomic mass is 35.5. The molecular formula is C16H18ClN3O5. The van der Waals surface area contributed by atoms with Crippen LogP contribution in [0.1, 0.15) is 12.8 Å². The van der Waals surface area contributed by atoms with E-state index in [4.69, 9.17) is 16.3 Å². The van der Waals surface area contributed by atoms with Crippen molar-refractivity contribution in [1.82, 2.24) is 10.2 Å². The minimum atomic E-state index is -0.714. The van der Waals surface area contributed by atoms with Crippen LogP contribution in [0, 0.1) is 0 Å². The number of nitrogens with zero attached hydrogens (tertiary/aromatic N) is 1. The quantitative estimate of drug-likeness (QED) is 0.715. The van der Waals surface area contributed by atoms with Crippen LogP contribution >= 0.6 is 11.6 Å². The molecule has 0 bridgehead atoms. The maximum atomic E-state index is 11.9. The molecule has 1 heterocycles. The maximum Gasteiger partial charge on any atom is 0.329 e. The number of hydrogen-bond acceptors (Lipinski definition) is 5. The van der Waals surface area contributed by atoms with E-state index in [9.17, 15) is 19.2 Å². The molecule has 134 valence electrons. The number of halogens is 1. The topological polar surface area (TPSA) is 105 Å². The molecule has 2 N–H and O–H groups in total. The minimum Gasteiger partial charge on any atom is -0.454 e. The van der Waals surface area contributed by atoms with Crippen molar-refractivity contribution in [2.75, 3.05) is 25.5 Å². The zero-order valence-electron chi connectivity index (χ0n) is 13.6. The molecule has 9 heteroatoms. The third kappa shape index (κ3) is 5.46. The van der Waals surface area contributed by atoms with Crippen molar-refractivity contribution >= 4 is 41.0 Å². The number of rotatable bonds is 6. The van der Waals surface area contributed by atoms with Gasteiger partial charge in [-0.15, -0.1) is 0 Å². The number of carbonyl (C=O) groups is 4. The lowest BCUT2D eigenvalue weighted by molar-refractivity contribution is -0.153. The van der Waals surface area contributed by atoms with Gasteiger partial charge in [-0.2, -0.15) is 0 Å². The SMILES string of the molecule is CN(CC(=O)Nc1ccccc1Cl)C(=O)COC(=O)[C@@H]1CCC(=O)N1. The number of esters is 1. The second-order valence-corrected chi connectivity index (χ2v) is 5.95. The molecule has 2 rings (SSSR count). The number of likely N-dealkylation sites (N-methyl/N-ethyl adjacent to an activating group) is 1. The van der Waals surface area contributed by atoms with Crippen molar-refractivity contribution in [3.05, 3.63) is 29.3 Å². The predicted molar refractivity (Wildman–Crippen MR) is 89.8 cm³/mol. The first kappa shape index (κ1) is 18.7. The fraction of sp³-hybridized carbons (Fsp3) is 0.375. The molecule has 8 nitrogen and oxygen atoms in total. The number of amides is 3. The lowest BCUT2D eigenvalue weighted by atomic mass is 10.2. The predicted octanol–water partition coefficient (Wildman–Crippen LogP) is 0.559. The van der Waals surface area contributed by atoms with Crippen molar-refractivity contribution in [1.29, 1.82) is 0 Å². The molecule has 1 aliphatic heterocycles. The lowest BCUT2D eigenvalue weighted by Gasteiger charge is -2.17. The molecule has 0 spiro atoms. The van der Waals surface area contributed by atoms with Gasteiger partial charge in [0.1, 0.15) is 6.04 Å². The van der Waals surface area contributed by atoms with E-state index in [1.54, 1.807) is 24.3 Å². The molecule has 1 atom stereocenters. The third-order valence-corrected chi connectivity index (χ3v) is 3.90. The number of benzene rings is 1. The Morgan fingerprint density at radius 3 is 2.72 bits per heavy atom. The number of carbonyl (C=O) groups excluding carboxylic acids is 4. The molecule has 0 unspecified atom stereocenters. The van der Waals surface area contributed by atoms with Gasteiger partial charge in [-0.3, -0.25) is 14.4 Å². The highest BCUT2D eigenvalue weighted by molar-refractivity contribution is 6.33. The van der Waals surface area contributed by atoms with Gasteiger partial charge in [0.25, 0.3) is 5.91 Å². The van der Waals surface area contributed by atoms with E-state index in [1.807, 2.05) is 0 Å². The van der Waals surface area contributed by atoms with Crippen LogP contribution in [0.4, 0.5) is 5.69 Å². The number of anilines is 1. The molecule has 1 aromatic rings. The van der Waals surface area contributed by atoms with E-state index < -0.39 is 30.4 Å². The fourth-order valence-corrected chi connectivity index (χ4v) is 2.37. The van der Waals surface area contributed by atoms with E-state index in [0.29, 0.717) is 17.1 Å². The Morgan fingerprint density at radius 1 is 1.36 bits per heavy atom. The van der Waals surface area contributed by atoms with Gasteiger partial charge in [-0.05, 0) is 18.6 Å². The Balaban J connectivity index is 1.76. The van der Waals surface area contributed by atoms with E-state index in [0.717, 1.165) is 4.90 Å². The molecule has 0 saturated carbocycles. The van der Waals surface area contributed by atoms with Gasteiger partial charge < -0.3 is 20.3 Å². The first-order valence-electron chi connectivity index (χ1n) is 7.61. The fourth-order valence-electron chi connectivity index (χ4n) is 2.19. The van der Waals surface area contributed by atoms with Gasteiger partial charge in [0.2, 0.25) is 11.8 Å². The molecule has 0 aliphatic carbocycles. The summed E-state index contributed by atoms with van der Waals surface area (Å²) in [6.07, 6.45) is 0.609. The summed E-state index contributed by atoms with van der Waals surface area (Å²) in [6.45, 7) is -0.719. The van der Waals surface area contributed by atoms with Gasteiger partial charge >= 0.3 is 5.97 Å². The van der Waals surface area contributed by atoms with Crippen LogP contribution < -0.4 is 10.6 Å². The van der Waals surface area contributed by atoms with Crippen molar-refractivity contribution < 1.29 is 23.9 Å². The molecule has 3 amide bonds. The highest BCUT2D eigenvalue weighted by Gasteiger charge is 2.29. The smallest absolute Gasteiger partial charge is 0.329 e. The molecule has 1 fully saturated rings. The zero-order chi connectivity index (χ0) is 18.4. The molecule has 25 heavy (non-hydrogen) atoms. The van der Waals surface area contributed by atoms with Crippen molar-refractivity contribution in [3.63, 3.8) is 0 Å². The summed E-state index contributed by atoms with van der Waals surface area (Å²) in [5.41, 5.74) is 0.443. The second-order valence-electron chi connectivity index (χ2n) is 5.54.